The van der Waals surface area contributed by atoms with Crippen LogP contribution in [0.2, 0.25) is 0 Å². The van der Waals surface area contributed by atoms with Crippen LogP contribution in [0.15, 0.2) is 18.2 Å². The number of hydrogen-bond acceptors (Lipinski definition) is 5. The molecule has 1 aliphatic rings. The Morgan fingerprint density at radius 3 is 2.72 bits per heavy atom. The highest BCUT2D eigenvalue weighted by atomic mass is 16.5. The maximum Gasteiger partial charge on any atom is 0.271 e. The first kappa shape index (κ1) is 12.4. The zero-order valence-corrected chi connectivity index (χ0v) is 10.3. The number of anilines is 2. The van der Waals surface area contributed by atoms with Gasteiger partial charge in [-0.05, 0) is 32.0 Å². The second kappa shape index (κ2) is 3.99. The second-order valence-corrected chi connectivity index (χ2v) is 4.77. The summed E-state index contributed by atoms with van der Waals surface area (Å²) in [6.45, 7) is 2.91. The lowest BCUT2D eigenvalue weighted by Gasteiger charge is -2.32. The topological polar surface area (TPSA) is 98.7 Å². The normalized spacial score (nSPS) is 15.1. The molecular weight excluding hydrogens is 234 g/mol. The van der Waals surface area contributed by atoms with Crippen LogP contribution in [0.5, 0.6) is 5.75 Å². The zero-order chi connectivity index (χ0) is 13.5. The van der Waals surface area contributed by atoms with Crippen LogP contribution in [-0.4, -0.2) is 24.0 Å². The van der Waals surface area contributed by atoms with Gasteiger partial charge < -0.3 is 16.2 Å². The third-order valence-electron chi connectivity index (χ3n) is 2.58. The van der Waals surface area contributed by atoms with Crippen molar-refractivity contribution < 1.29 is 14.3 Å². The minimum atomic E-state index is -1.14. The maximum atomic E-state index is 12.2. The fourth-order valence-corrected chi connectivity index (χ4v) is 1.68. The molecule has 0 aliphatic carbocycles. The van der Waals surface area contributed by atoms with Crippen molar-refractivity contribution in [1.82, 2.24) is 0 Å². The number of carbonyl (C=O) groups is 2. The SMILES string of the molecule is CC(C)(N)C(=O)N1C(=O)COc2ccc(N)cc21. The summed E-state index contributed by atoms with van der Waals surface area (Å²) in [5, 5.41) is 0. The van der Waals surface area contributed by atoms with E-state index >= 15 is 0 Å². The van der Waals surface area contributed by atoms with Crippen molar-refractivity contribution in [3.8, 4) is 5.75 Å². The highest BCUT2D eigenvalue weighted by Crippen LogP contribution is 2.34. The third kappa shape index (κ3) is 2.02. The van der Waals surface area contributed by atoms with Crippen LogP contribution in [0, 0.1) is 0 Å². The fraction of sp³-hybridized carbons (Fsp3) is 0.333. The Balaban J connectivity index is 2.51. The molecule has 2 amide bonds. The number of benzene rings is 1. The summed E-state index contributed by atoms with van der Waals surface area (Å²) < 4.78 is 5.24. The van der Waals surface area contributed by atoms with Crippen LogP contribution in [-0.2, 0) is 9.59 Å². The molecule has 2 rings (SSSR count). The van der Waals surface area contributed by atoms with Crippen LogP contribution in [0.4, 0.5) is 11.4 Å². The largest absolute Gasteiger partial charge is 0.482 e. The zero-order valence-electron chi connectivity index (χ0n) is 10.3. The first-order valence-corrected chi connectivity index (χ1v) is 5.49. The Labute approximate surface area is 104 Å². The van der Waals surface area contributed by atoms with E-state index in [0.29, 0.717) is 17.1 Å². The molecule has 0 aromatic heterocycles. The number of nitrogens with two attached hydrogens (primary N) is 2. The van der Waals surface area contributed by atoms with Gasteiger partial charge in [-0.3, -0.25) is 9.59 Å². The molecule has 1 heterocycles. The lowest BCUT2D eigenvalue weighted by molar-refractivity contribution is -0.130. The van der Waals surface area contributed by atoms with Gasteiger partial charge in [-0.25, -0.2) is 4.90 Å². The molecule has 18 heavy (non-hydrogen) atoms. The van der Waals surface area contributed by atoms with E-state index in [2.05, 4.69) is 0 Å². The van der Waals surface area contributed by atoms with Crippen molar-refractivity contribution in [2.45, 2.75) is 19.4 Å². The molecule has 96 valence electrons. The van der Waals surface area contributed by atoms with E-state index in [1.165, 1.54) is 6.07 Å². The van der Waals surface area contributed by atoms with Crippen molar-refractivity contribution >= 4 is 23.2 Å². The number of rotatable bonds is 1. The number of hydrogen-bond donors (Lipinski definition) is 2. The van der Waals surface area contributed by atoms with E-state index < -0.39 is 17.4 Å². The number of amides is 2. The molecule has 0 spiro atoms. The van der Waals surface area contributed by atoms with Crippen molar-refractivity contribution in [2.24, 2.45) is 5.73 Å². The van der Waals surface area contributed by atoms with E-state index in [9.17, 15) is 9.59 Å². The van der Waals surface area contributed by atoms with Crippen LogP contribution in [0.3, 0.4) is 0 Å². The van der Waals surface area contributed by atoms with E-state index in [1.54, 1.807) is 26.0 Å². The van der Waals surface area contributed by atoms with Gasteiger partial charge in [0.05, 0.1) is 11.2 Å². The van der Waals surface area contributed by atoms with Gasteiger partial charge in [-0.15, -0.1) is 0 Å². The summed E-state index contributed by atoms with van der Waals surface area (Å²) >= 11 is 0. The number of fused-ring (bicyclic) bond motifs is 1. The maximum absolute atomic E-state index is 12.2. The van der Waals surface area contributed by atoms with Gasteiger partial charge in [0.25, 0.3) is 11.8 Å². The van der Waals surface area contributed by atoms with E-state index in [0.717, 1.165) is 4.90 Å². The second-order valence-electron chi connectivity index (χ2n) is 4.77. The minimum Gasteiger partial charge on any atom is -0.482 e. The summed E-state index contributed by atoms with van der Waals surface area (Å²) in [6, 6.07) is 4.79. The van der Waals surface area contributed by atoms with Gasteiger partial charge in [0.1, 0.15) is 5.75 Å². The van der Waals surface area contributed by atoms with Crippen molar-refractivity contribution in [1.29, 1.82) is 0 Å². The molecule has 1 aromatic rings. The lowest BCUT2D eigenvalue weighted by Crippen LogP contribution is -2.55. The van der Waals surface area contributed by atoms with Crippen LogP contribution < -0.4 is 21.1 Å². The molecule has 6 nitrogen and oxygen atoms in total. The molecule has 0 fully saturated rings. The standard InChI is InChI=1S/C12H15N3O3/c1-12(2,14)11(17)15-8-5-7(13)3-4-9(8)18-6-10(15)16/h3-5H,6,13-14H2,1-2H3. The van der Waals surface area contributed by atoms with Crippen LogP contribution in [0.25, 0.3) is 0 Å². The van der Waals surface area contributed by atoms with Crippen LogP contribution >= 0.6 is 0 Å². The van der Waals surface area contributed by atoms with Gasteiger partial charge in [-0.2, -0.15) is 0 Å². The smallest absolute Gasteiger partial charge is 0.271 e. The lowest BCUT2D eigenvalue weighted by atomic mass is 10.0. The number of ether oxygens (including phenoxy) is 1. The third-order valence-corrected chi connectivity index (χ3v) is 2.58. The van der Waals surface area contributed by atoms with Crippen molar-refractivity contribution in [2.75, 3.05) is 17.2 Å². The van der Waals surface area contributed by atoms with Gasteiger partial charge in [-0.1, -0.05) is 0 Å². The quantitative estimate of drug-likeness (QED) is 0.695. The Bertz CT molecular complexity index is 520. The fourth-order valence-electron chi connectivity index (χ4n) is 1.68. The number of imide groups is 1. The monoisotopic (exact) mass is 249 g/mol. The number of nitrogen functional groups attached to an aromatic ring is 1. The minimum absolute atomic E-state index is 0.182. The Hall–Kier alpha value is -2.08. The number of carbonyl (C=O) groups excluding carboxylic acids is 2. The Morgan fingerprint density at radius 1 is 1.44 bits per heavy atom. The van der Waals surface area contributed by atoms with E-state index in [4.69, 9.17) is 16.2 Å². The molecule has 0 unspecified atom stereocenters. The molecule has 4 N–H and O–H groups in total. The number of nitrogens with zero attached hydrogens (tertiary/aromatic N) is 1. The van der Waals surface area contributed by atoms with Gasteiger partial charge >= 0.3 is 0 Å². The summed E-state index contributed by atoms with van der Waals surface area (Å²) in [5.74, 6) is -0.485. The average Bonchev–Trinajstić information content (AvgIpc) is 2.26. The Morgan fingerprint density at radius 2 is 2.11 bits per heavy atom. The van der Waals surface area contributed by atoms with E-state index in [1.807, 2.05) is 0 Å². The highest BCUT2D eigenvalue weighted by Gasteiger charge is 2.37. The molecule has 0 saturated heterocycles. The van der Waals surface area contributed by atoms with Gasteiger partial charge in [0, 0.05) is 5.69 Å². The molecule has 0 radical (unpaired) electrons. The van der Waals surface area contributed by atoms with Crippen LogP contribution in [0.1, 0.15) is 13.8 Å². The molecule has 0 atom stereocenters. The van der Waals surface area contributed by atoms with Gasteiger partial charge in [0.2, 0.25) is 0 Å². The molecule has 1 aliphatic heterocycles. The van der Waals surface area contributed by atoms with Gasteiger partial charge in [0.15, 0.2) is 6.61 Å². The predicted molar refractivity (Wildman–Crippen MR) is 67.1 cm³/mol. The van der Waals surface area contributed by atoms with Crippen molar-refractivity contribution in [3.05, 3.63) is 18.2 Å². The highest BCUT2D eigenvalue weighted by molar-refractivity contribution is 6.19. The molecule has 1 aromatic carbocycles. The summed E-state index contributed by atoms with van der Waals surface area (Å²) in [7, 11) is 0. The summed E-state index contributed by atoms with van der Waals surface area (Å²) in [4.78, 5) is 25.1. The van der Waals surface area contributed by atoms with Crippen molar-refractivity contribution in [3.63, 3.8) is 0 Å². The molecule has 0 saturated carbocycles. The molecular formula is C12H15N3O3. The summed E-state index contributed by atoms with van der Waals surface area (Å²) in [5.41, 5.74) is 11.1. The molecule has 0 bridgehead atoms. The summed E-state index contributed by atoms with van der Waals surface area (Å²) in [6.07, 6.45) is 0. The van der Waals surface area contributed by atoms with E-state index in [-0.39, 0.29) is 6.61 Å². The Kier molecular flexibility index (Phi) is 2.74. The molecule has 6 heteroatoms. The predicted octanol–water partition coefficient (Wildman–Crippen LogP) is 0.258. The first-order valence-electron chi connectivity index (χ1n) is 5.49. The first-order chi connectivity index (χ1) is 8.30. The average molecular weight is 249 g/mol.